The maximum atomic E-state index is 5.63. The highest BCUT2D eigenvalue weighted by Gasteiger charge is 2.08. The van der Waals surface area contributed by atoms with Gasteiger partial charge in [0.25, 0.3) is 0 Å². The molecular formula is C14H12N2O. The van der Waals surface area contributed by atoms with Gasteiger partial charge in [0.05, 0.1) is 0 Å². The van der Waals surface area contributed by atoms with Gasteiger partial charge in [-0.25, -0.2) is 9.97 Å². The lowest BCUT2D eigenvalue weighted by Gasteiger charge is -2.00. The van der Waals surface area contributed by atoms with E-state index in [9.17, 15) is 0 Å². The molecule has 0 fully saturated rings. The fourth-order valence-corrected chi connectivity index (χ4v) is 1.77. The summed E-state index contributed by atoms with van der Waals surface area (Å²) in [6.07, 6.45) is 1.71. The van der Waals surface area contributed by atoms with Crippen molar-refractivity contribution in [3.05, 3.63) is 47.7 Å². The molecule has 0 aliphatic carbocycles. The summed E-state index contributed by atoms with van der Waals surface area (Å²) in [5.41, 5.74) is 4.87. The SMILES string of the molecule is Cc1ccc(-c2nc3cccnc3o2)cc1C. The number of benzene rings is 1. The lowest BCUT2D eigenvalue weighted by molar-refractivity contribution is 0.608. The minimum atomic E-state index is 0.584. The predicted octanol–water partition coefficient (Wildman–Crippen LogP) is 3.51. The zero-order valence-electron chi connectivity index (χ0n) is 9.77. The van der Waals surface area contributed by atoms with Gasteiger partial charge in [-0.05, 0) is 49.2 Å². The van der Waals surface area contributed by atoms with Crippen LogP contribution in [0, 0.1) is 13.8 Å². The first-order valence-corrected chi connectivity index (χ1v) is 5.53. The van der Waals surface area contributed by atoms with Crippen LogP contribution in [0.2, 0.25) is 0 Å². The van der Waals surface area contributed by atoms with Crippen molar-refractivity contribution in [1.29, 1.82) is 0 Å². The van der Waals surface area contributed by atoms with Gasteiger partial charge in [0.2, 0.25) is 11.6 Å². The molecule has 1 aromatic carbocycles. The predicted molar refractivity (Wildman–Crippen MR) is 66.7 cm³/mol. The van der Waals surface area contributed by atoms with Crippen molar-refractivity contribution in [3.8, 4) is 11.5 Å². The average Bonchev–Trinajstić information content (AvgIpc) is 2.76. The smallest absolute Gasteiger partial charge is 0.247 e. The van der Waals surface area contributed by atoms with Crippen molar-refractivity contribution in [1.82, 2.24) is 9.97 Å². The van der Waals surface area contributed by atoms with Gasteiger partial charge >= 0.3 is 0 Å². The Bertz CT molecular complexity index is 653. The number of rotatable bonds is 1. The molecule has 3 heteroatoms. The molecule has 0 spiro atoms. The molecule has 17 heavy (non-hydrogen) atoms. The largest absolute Gasteiger partial charge is 0.418 e. The van der Waals surface area contributed by atoms with Gasteiger partial charge in [0.1, 0.15) is 5.52 Å². The fraction of sp³-hybridized carbons (Fsp3) is 0.143. The standard InChI is InChI=1S/C14H12N2O/c1-9-5-6-11(8-10(9)2)13-16-12-4-3-7-15-14(12)17-13/h3-8H,1-2H3. The van der Waals surface area contributed by atoms with Crippen LogP contribution in [0.1, 0.15) is 11.1 Å². The van der Waals surface area contributed by atoms with E-state index >= 15 is 0 Å². The van der Waals surface area contributed by atoms with Crippen LogP contribution in [0.25, 0.3) is 22.7 Å². The summed E-state index contributed by atoms with van der Waals surface area (Å²) in [4.78, 5) is 8.56. The second-order valence-electron chi connectivity index (χ2n) is 4.15. The topological polar surface area (TPSA) is 38.9 Å². The van der Waals surface area contributed by atoms with Crippen LogP contribution >= 0.6 is 0 Å². The summed E-state index contributed by atoms with van der Waals surface area (Å²) < 4.78 is 5.63. The number of pyridine rings is 1. The van der Waals surface area contributed by atoms with Crippen LogP contribution in [-0.4, -0.2) is 9.97 Å². The second-order valence-corrected chi connectivity index (χ2v) is 4.15. The van der Waals surface area contributed by atoms with E-state index in [-0.39, 0.29) is 0 Å². The first kappa shape index (κ1) is 10.0. The maximum Gasteiger partial charge on any atom is 0.247 e. The summed E-state index contributed by atoms with van der Waals surface area (Å²) in [5.74, 6) is 0.627. The van der Waals surface area contributed by atoms with E-state index in [2.05, 4.69) is 35.9 Å². The van der Waals surface area contributed by atoms with Gasteiger partial charge in [-0.3, -0.25) is 0 Å². The highest BCUT2D eigenvalue weighted by Crippen LogP contribution is 2.24. The number of nitrogens with zero attached hydrogens (tertiary/aromatic N) is 2. The zero-order valence-corrected chi connectivity index (χ0v) is 9.77. The van der Waals surface area contributed by atoms with Crippen molar-refractivity contribution in [2.24, 2.45) is 0 Å². The minimum Gasteiger partial charge on any atom is -0.418 e. The van der Waals surface area contributed by atoms with E-state index in [1.807, 2.05) is 18.2 Å². The number of hydrogen-bond acceptors (Lipinski definition) is 3. The number of aryl methyl sites for hydroxylation is 2. The second kappa shape index (κ2) is 3.70. The molecular weight excluding hydrogens is 212 g/mol. The highest BCUT2D eigenvalue weighted by atomic mass is 16.4. The molecule has 0 unspecified atom stereocenters. The summed E-state index contributed by atoms with van der Waals surface area (Å²) >= 11 is 0. The molecule has 2 heterocycles. The number of oxazole rings is 1. The summed E-state index contributed by atoms with van der Waals surface area (Å²) in [5, 5.41) is 0. The van der Waals surface area contributed by atoms with Gasteiger partial charge in [-0.15, -0.1) is 0 Å². The molecule has 0 N–H and O–H groups in total. The Morgan fingerprint density at radius 3 is 2.71 bits per heavy atom. The van der Waals surface area contributed by atoms with Crippen LogP contribution in [0.15, 0.2) is 40.9 Å². The van der Waals surface area contributed by atoms with Crippen LogP contribution in [0.3, 0.4) is 0 Å². The molecule has 3 aromatic rings. The van der Waals surface area contributed by atoms with E-state index in [1.165, 1.54) is 11.1 Å². The molecule has 0 aliphatic heterocycles. The van der Waals surface area contributed by atoms with Gasteiger partial charge in [-0.1, -0.05) is 6.07 Å². The van der Waals surface area contributed by atoms with Crippen molar-refractivity contribution in [3.63, 3.8) is 0 Å². The Labute approximate surface area is 99.1 Å². The number of hydrogen-bond donors (Lipinski definition) is 0. The molecule has 0 bridgehead atoms. The molecule has 0 amide bonds. The fourth-order valence-electron chi connectivity index (χ4n) is 1.77. The normalized spacial score (nSPS) is 10.9. The first-order chi connectivity index (χ1) is 8.24. The zero-order chi connectivity index (χ0) is 11.8. The van der Waals surface area contributed by atoms with Gasteiger partial charge < -0.3 is 4.42 Å². The average molecular weight is 224 g/mol. The Morgan fingerprint density at radius 1 is 1.06 bits per heavy atom. The van der Waals surface area contributed by atoms with Gasteiger partial charge in [-0.2, -0.15) is 0 Å². The lowest BCUT2D eigenvalue weighted by Crippen LogP contribution is -1.83. The third kappa shape index (κ3) is 1.69. The Hall–Kier alpha value is -2.16. The molecule has 0 atom stereocenters. The van der Waals surface area contributed by atoms with Crippen molar-refractivity contribution in [2.45, 2.75) is 13.8 Å². The summed E-state index contributed by atoms with van der Waals surface area (Å²) in [7, 11) is 0. The van der Waals surface area contributed by atoms with Crippen LogP contribution < -0.4 is 0 Å². The van der Waals surface area contributed by atoms with Crippen LogP contribution in [-0.2, 0) is 0 Å². The van der Waals surface area contributed by atoms with Crippen molar-refractivity contribution < 1.29 is 4.42 Å². The molecule has 0 aliphatic rings. The van der Waals surface area contributed by atoms with E-state index < -0.39 is 0 Å². The summed E-state index contributed by atoms with van der Waals surface area (Å²) in [6.45, 7) is 4.17. The van der Waals surface area contributed by atoms with Crippen molar-refractivity contribution >= 4 is 11.2 Å². The van der Waals surface area contributed by atoms with E-state index in [0.717, 1.165) is 11.1 Å². The first-order valence-electron chi connectivity index (χ1n) is 5.53. The highest BCUT2D eigenvalue weighted by molar-refractivity contribution is 5.72. The lowest BCUT2D eigenvalue weighted by atomic mass is 10.1. The molecule has 0 saturated heterocycles. The van der Waals surface area contributed by atoms with Crippen LogP contribution in [0.5, 0.6) is 0 Å². The molecule has 84 valence electrons. The monoisotopic (exact) mass is 224 g/mol. The summed E-state index contributed by atoms with van der Waals surface area (Å²) in [6, 6.07) is 9.94. The maximum absolute atomic E-state index is 5.63. The quantitative estimate of drug-likeness (QED) is 0.635. The van der Waals surface area contributed by atoms with Gasteiger partial charge in [0, 0.05) is 11.8 Å². The molecule has 3 nitrogen and oxygen atoms in total. The van der Waals surface area contributed by atoms with Crippen LogP contribution in [0.4, 0.5) is 0 Å². The molecule has 3 rings (SSSR count). The third-order valence-electron chi connectivity index (χ3n) is 2.92. The Kier molecular flexibility index (Phi) is 2.18. The molecule has 0 radical (unpaired) electrons. The van der Waals surface area contributed by atoms with E-state index in [1.54, 1.807) is 6.20 Å². The van der Waals surface area contributed by atoms with E-state index in [4.69, 9.17) is 4.42 Å². The molecule has 2 aromatic heterocycles. The Balaban J connectivity index is 2.17. The Morgan fingerprint density at radius 2 is 1.94 bits per heavy atom. The number of aromatic nitrogens is 2. The van der Waals surface area contributed by atoms with Gasteiger partial charge in [0.15, 0.2) is 0 Å². The molecule has 0 saturated carbocycles. The van der Waals surface area contributed by atoms with E-state index in [0.29, 0.717) is 11.6 Å². The minimum absolute atomic E-state index is 0.584. The number of fused-ring (bicyclic) bond motifs is 1. The van der Waals surface area contributed by atoms with Crippen molar-refractivity contribution in [2.75, 3.05) is 0 Å². The third-order valence-corrected chi connectivity index (χ3v) is 2.92.